The summed E-state index contributed by atoms with van der Waals surface area (Å²) in [6.07, 6.45) is 0.574. The summed E-state index contributed by atoms with van der Waals surface area (Å²) in [6, 6.07) is 10.2. The zero-order valence-electron chi connectivity index (χ0n) is 11.6. The van der Waals surface area contributed by atoms with Gasteiger partial charge in [-0.2, -0.15) is 5.10 Å². The van der Waals surface area contributed by atoms with Crippen LogP contribution < -0.4 is 0 Å². The molecule has 1 N–H and O–H groups in total. The van der Waals surface area contributed by atoms with Gasteiger partial charge in [-0.3, -0.25) is 4.68 Å². The molecule has 0 radical (unpaired) electrons. The third kappa shape index (κ3) is 3.61. The Kier molecular flexibility index (Phi) is 4.66. The summed E-state index contributed by atoms with van der Waals surface area (Å²) in [7, 11) is 1.99. The van der Waals surface area contributed by atoms with Gasteiger partial charge in [0.2, 0.25) is 0 Å². The highest BCUT2D eigenvalue weighted by Gasteiger charge is 2.05. The van der Waals surface area contributed by atoms with Gasteiger partial charge in [0, 0.05) is 23.4 Å². The number of aliphatic hydroxyl groups excluding tert-OH is 1. The maximum absolute atomic E-state index is 9.47. The van der Waals surface area contributed by atoms with Crippen molar-refractivity contribution < 1.29 is 5.11 Å². The van der Waals surface area contributed by atoms with E-state index in [4.69, 9.17) is 0 Å². The minimum atomic E-state index is -0.400. The van der Waals surface area contributed by atoms with Gasteiger partial charge in [-0.05, 0) is 37.1 Å². The fraction of sp³-hybridized carbons (Fsp3) is 0.400. The topological polar surface area (TPSA) is 38.0 Å². The molecule has 102 valence electrons. The summed E-state index contributed by atoms with van der Waals surface area (Å²) < 4.78 is 1.95. The molecule has 19 heavy (non-hydrogen) atoms. The summed E-state index contributed by atoms with van der Waals surface area (Å²) in [5, 5.41) is 13.9. The number of thioether (sulfide) groups is 1. The van der Waals surface area contributed by atoms with Gasteiger partial charge in [-0.25, -0.2) is 0 Å². The highest BCUT2D eigenvalue weighted by atomic mass is 32.2. The molecule has 1 unspecified atom stereocenters. The molecule has 0 spiro atoms. The van der Waals surface area contributed by atoms with E-state index in [0.29, 0.717) is 0 Å². The molecule has 0 bridgehead atoms. The van der Waals surface area contributed by atoms with Crippen molar-refractivity contribution in [3.63, 3.8) is 0 Å². The third-order valence-corrected chi connectivity index (χ3v) is 4.18. The number of rotatable bonds is 5. The Morgan fingerprint density at radius 2 is 2.00 bits per heavy atom. The van der Waals surface area contributed by atoms with Crippen LogP contribution in [0.25, 0.3) is 0 Å². The van der Waals surface area contributed by atoms with E-state index in [9.17, 15) is 5.11 Å². The van der Waals surface area contributed by atoms with Crippen molar-refractivity contribution in [1.29, 1.82) is 0 Å². The number of benzene rings is 1. The van der Waals surface area contributed by atoms with Crippen LogP contribution in [-0.2, 0) is 19.2 Å². The van der Waals surface area contributed by atoms with Crippen LogP contribution in [0.3, 0.4) is 0 Å². The lowest BCUT2D eigenvalue weighted by Crippen LogP contribution is -1.96. The number of aryl methyl sites for hydroxylation is 2. The van der Waals surface area contributed by atoms with Gasteiger partial charge in [0.25, 0.3) is 0 Å². The minimum Gasteiger partial charge on any atom is -0.389 e. The first kappa shape index (κ1) is 14.2. The van der Waals surface area contributed by atoms with Crippen LogP contribution in [-0.4, -0.2) is 14.9 Å². The Morgan fingerprint density at radius 3 is 2.53 bits per heavy atom. The molecule has 3 nitrogen and oxygen atoms in total. The molecular weight excluding hydrogens is 256 g/mol. The minimum absolute atomic E-state index is 0.400. The van der Waals surface area contributed by atoms with E-state index in [0.717, 1.165) is 23.4 Å². The average Bonchev–Trinajstić information content (AvgIpc) is 2.77. The monoisotopic (exact) mass is 276 g/mol. The zero-order chi connectivity index (χ0) is 13.8. The molecule has 1 aromatic heterocycles. The molecule has 0 fully saturated rings. The van der Waals surface area contributed by atoms with E-state index in [1.807, 2.05) is 23.9 Å². The van der Waals surface area contributed by atoms with E-state index in [1.165, 1.54) is 10.6 Å². The first-order chi connectivity index (χ1) is 9.10. The smallest absolute Gasteiger partial charge is 0.0761 e. The predicted molar refractivity (Wildman–Crippen MR) is 79.2 cm³/mol. The maximum atomic E-state index is 9.47. The number of nitrogens with zero attached hydrogens (tertiary/aromatic N) is 2. The van der Waals surface area contributed by atoms with Crippen molar-refractivity contribution in [2.75, 3.05) is 0 Å². The molecular formula is C15H20N2OS. The van der Waals surface area contributed by atoms with Gasteiger partial charge in [-0.15, -0.1) is 11.8 Å². The lowest BCUT2D eigenvalue weighted by molar-refractivity contribution is 0.199. The second kappa shape index (κ2) is 6.26. The normalized spacial score (nSPS) is 12.6. The predicted octanol–water partition coefficient (Wildman–Crippen LogP) is 3.33. The van der Waals surface area contributed by atoms with Crippen molar-refractivity contribution in [1.82, 2.24) is 9.78 Å². The van der Waals surface area contributed by atoms with Gasteiger partial charge >= 0.3 is 0 Å². The quantitative estimate of drug-likeness (QED) is 0.851. The van der Waals surface area contributed by atoms with Gasteiger partial charge < -0.3 is 5.11 Å². The highest BCUT2D eigenvalue weighted by Crippen LogP contribution is 2.24. The molecule has 0 saturated carbocycles. The van der Waals surface area contributed by atoms with E-state index in [2.05, 4.69) is 30.2 Å². The van der Waals surface area contributed by atoms with Crippen molar-refractivity contribution in [3.05, 3.63) is 47.3 Å². The van der Waals surface area contributed by atoms with E-state index in [-0.39, 0.29) is 0 Å². The van der Waals surface area contributed by atoms with Gasteiger partial charge in [-0.1, -0.05) is 19.1 Å². The summed E-state index contributed by atoms with van der Waals surface area (Å²) in [5.74, 6) is 0.914. The summed E-state index contributed by atoms with van der Waals surface area (Å²) >= 11 is 1.79. The van der Waals surface area contributed by atoms with E-state index >= 15 is 0 Å². The lowest BCUT2D eigenvalue weighted by atomic mass is 10.1. The lowest BCUT2D eigenvalue weighted by Gasteiger charge is -2.06. The number of aliphatic hydroxyl groups is 1. The van der Waals surface area contributed by atoms with Gasteiger partial charge in [0.05, 0.1) is 11.8 Å². The fourth-order valence-electron chi connectivity index (χ4n) is 1.88. The Bertz CT molecular complexity index is 532. The van der Waals surface area contributed by atoms with Crippen LogP contribution in [0.15, 0.2) is 35.2 Å². The largest absolute Gasteiger partial charge is 0.389 e. The van der Waals surface area contributed by atoms with E-state index < -0.39 is 6.10 Å². The first-order valence-corrected chi connectivity index (χ1v) is 7.51. The molecule has 1 heterocycles. The SMILES string of the molecule is CCc1cc(CSc2ccc(C(C)O)cc2)n(C)n1. The molecule has 0 saturated heterocycles. The van der Waals surface area contributed by atoms with Crippen molar-refractivity contribution in [3.8, 4) is 0 Å². The van der Waals surface area contributed by atoms with Gasteiger partial charge in [0.15, 0.2) is 0 Å². The van der Waals surface area contributed by atoms with Crippen molar-refractivity contribution >= 4 is 11.8 Å². The Labute approximate surface area is 118 Å². The standard InChI is InChI=1S/C15H20N2OS/c1-4-13-9-14(17(3)16-13)10-19-15-7-5-12(6-8-15)11(2)18/h5-9,11,18H,4,10H2,1-3H3. The Hall–Kier alpha value is -1.26. The van der Waals surface area contributed by atoms with Crippen LogP contribution in [0.2, 0.25) is 0 Å². The molecule has 0 aliphatic carbocycles. The molecule has 1 aromatic carbocycles. The molecule has 4 heteroatoms. The highest BCUT2D eigenvalue weighted by molar-refractivity contribution is 7.98. The number of aromatic nitrogens is 2. The first-order valence-electron chi connectivity index (χ1n) is 6.52. The van der Waals surface area contributed by atoms with Crippen LogP contribution in [0.4, 0.5) is 0 Å². The number of hydrogen-bond acceptors (Lipinski definition) is 3. The van der Waals surface area contributed by atoms with Crippen LogP contribution in [0.5, 0.6) is 0 Å². The molecule has 2 aromatic rings. The van der Waals surface area contributed by atoms with E-state index in [1.54, 1.807) is 18.7 Å². The van der Waals surface area contributed by atoms with Crippen molar-refractivity contribution in [2.24, 2.45) is 7.05 Å². The average molecular weight is 276 g/mol. The maximum Gasteiger partial charge on any atom is 0.0761 e. The second-order valence-corrected chi connectivity index (χ2v) is 5.69. The summed E-state index contributed by atoms with van der Waals surface area (Å²) in [6.45, 7) is 3.90. The molecule has 1 atom stereocenters. The summed E-state index contributed by atoms with van der Waals surface area (Å²) in [4.78, 5) is 1.21. The van der Waals surface area contributed by atoms with Crippen LogP contribution in [0, 0.1) is 0 Å². The Morgan fingerprint density at radius 1 is 1.32 bits per heavy atom. The molecule has 0 aliphatic heterocycles. The molecule has 2 rings (SSSR count). The third-order valence-electron chi connectivity index (χ3n) is 3.14. The van der Waals surface area contributed by atoms with Gasteiger partial charge in [0.1, 0.15) is 0 Å². The van der Waals surface area contributed by atoms with Crippen molar-refractivity contribution in [2.45, 2.75) is 37.0 Å². The van der Waals surface area contributed by atoms with Crippen LogP contribution >= 0.6 is 11.8 Å². The Balaban J connectivity index is 1.99. The number of hydrogen-bond donors (Lipinski definition) is 1. The van der Waals surface area contributed by atoms with Crippen LogP contribution in [0.1, 0.15) is 36.9 Å². The summed E-state index contributed by atoms with van der Waals surface area (Å²) in [5.41, 5.74) is 3.34. The second-order valence-electron chi connectivity index (χ2n) is 4.64. The molecule has 0 amide bonds. The fourth-order valence-corrected chi connectivity index (χ4v) is 2.79. The molecule has 0 aliphatic rings. The zero-order valence-corrected chi connectivity index (χ0v) is 12.4.